The number of para-hydroxylation sites is 1. The Balaban J connectivity index is 0.000000130. The van der Waals surface area contributed by atoms with Crippen molar-refractivity contribution in [3.05, 3.63) is 556 Å². The molecule has 0 aliphatic carbocycles. The third-order valence-corrected chi connectivity index (χ3v) is 25.2. The van der Waals surface area contributed by atoms with Crippen LogP contribution in [0.15, 0.2) is 454 Å². The number of aryl methyl sites for hydroxylation is 4. The Kier molecular flexibility index (Phi) is 34.6. The second-order valence-electron chi connectivity index (χ2n) is 35.3. The van der Waals surface area contributed by atoms with E-state index >= 15 is 0 Å². The molecule has 0 fully saturated rings. The average molecular weight is 1970 g/mol. The van der Waals surface area contributed by atoms with E-state index in [1.807, 2.05) is 281 Å². The van der Waals surface area contributed by atoms with Gasteiger partial charge >= 0.3 is 6.03 Å². The van der Waals surface area contributed by atoms with Crippen molar-refractivity contribution in [3.63, 3.8) is 0 Å². The molecule has 6 N–H and O–H groups in total. The number of hydrogen-bond donors (Lipinski definition) is 6. The Labute approximate surface area is 858 Å². The van der Waals surface area contributed by atoms with Crippen LogP contribution in [0.25, 0.3) is 27.9 Å². The summed E-state index contributed by atoms with van der Waals surface area (Å²) in [6.45, 7) is 8.15. The second-order valence-corrected chi connectivity index (χ2v) is 36.6. The molecule has 6 amide bonds. The van der Waals surface area contributed by atoms with E-state index in [-0.39, 0.29) is 29.0 Å². The van der Waals surface area contributed by atoms with Crippen molar-refractivity contribution in [2.24, 2.45) is 25.0 Å². The molecule has 16 nitrogen and oxygen atoms in total. The summed E-state index contributed by atoms with van der Waals surface area (Å²) >= 11 is 18.1. The van der Waals surface area contributed by atoms with Crippen molar-refractivity contribution >= 4 is 127 Å². The molecule has 720 valence electrons. The van der Waals surface area contributed by atoms with Crippen LogP contribution < -0.4 is 31.9 Å². The van der Waals surface area contributed by atoms with E-state index < -0.39 is 23.4 Å². The van der Waals surface area contributed by atoms with Gasteiger partial charge in [-0.1, -0.05) is 360 Å². The fourth-order valence-electron chi connectivity index (χ4n) is 16.9. The number of rotatable bonds is 20. The summed E-state index contributed by atoms with van der Waals surface area (Å²) in [5.74, 6) is 0.694. The first kappa shape index (κ1) is 101. The number of anilines is 1. The fraction of sp³-hybridized carbons (Fsp3) is 0.113. The van der Waals surface area contributed by atoms with Gasteiger partial charge < -0.3 is 26.6 Å². The molecule has 21 heteroatoms. The molecular weight excluding hydrogens is 1870 g/mol. The number of hydrogen-bond acceptors (Lipinski definition) is 10. The summed E-state index contributed by atoms with van der Waals surface area (Å²) in [6, 6.07) is 127. The van der Waals surface area contributed by atoms with Crippen LogP contribution in [0.2, 0.25) is 15.1 Å². The minimum absolute atomic E-state index is 0.000229. The number of allylic oxidation sites excluding steroid dienone is 5. The van der Waals surface area contributed by atoms with Gasteiger partial charge in [-0.3, -0.25) is 24.5 Å². The number of aliphatic imine (C=N–C) groups is 5. The van der Waals surface area contributed by atoms with Crippen LogP contribution in [0.1, 0.15) is 151 Å². The smallest absolute Gasteiger partial charge is 0.310 e. The van der Waals surface area contributed by atoms with Crippen molar-refractivity contribution < 1.29 is 32.8 Å². The largest absolute Gasteiger partial charge is 0.324 e. The minimum atomic E-state index is -0.556. The summed E-state index contributed by atoms with van der Waals surface area (Å²) in [4.78, 5) is 86.4. The van der Waals surface area contributed by atoms with Gasteiger partial charge in [-0.15, -0.1) is 0 Å². The third kappa shape index (κ3) is 28.8. The normalized spacial score (nSPS) is 13.3. The Hall–Kier alpha value is -16.8. The highest BCUT2D eigenvalue weighted by Crippen LogP contribution is 2.38. The molecule has 20 rings (SSSR count). The van der Waals surface area contributed by atoms with Gasteiger partial charge in [-0.05, 0) is 208 Å². The number of amidine groups is 5. The van der Waals surface area contributed by atoms with Crippen molar-refractivity contribution in [2.45, 2.75) is 91.9 Å². The summed E-state index contributed by atoms with van der Waals surface area (Å²) in [5.41, 5.74) is 28.1. The average Bonchev–Trinajstić information content (AvgIpc) is 1.68. The Morgan fingerprint density at radius 2 is 0.490 bits per heavy atom. The maximum Gasteiger partial charge on any atom is 0.324 e. The molecule has 5 aliphatic heterocycles. The zero-order valence-corrected chi connectivity index (χ0v) is 82.6. The van der Waals surface area contributed by atoms with Gasteiger partial charge in [-0.2, -0.15) is 0 Å². The lowest BCUT2D eigenvalue weighted by Crippen LogP contribution is -2.33. The van der Waals surface area contributed by atoms with Crippen LogP contribution in [-0.4, -0.2) is 58.8 Å². The van der Waals surface area contributed by atoms with Gasteiger partial charge in [0, 0.05) is 96.1 Å². The summed E-state index contributed by atoms with van der Waals surface area (Å²) < 4.78 is 27.9. The van der Waals surface area contributed by atoms with Crippen LogP contribution >= 0.6 is 34.8 Å². The molecule has 0 unspecified atom stereocenters. The predicted molar refractivity (Wildman–Crippen MR) is 586 cm³/mol. The standard InChI is InChI=1S/C26H24N2O.C25H21ClN2O.C25H23N3O.2C24H18ClFN2O/c1-18-11-13-21(14-12-18)23-17-25(27-24(23)16-20-8-4-3-5-9-20)28-26(29)22-10-6-7-19(2)15-22;1-17-7-9-20(10-8-17)25(29)28-24-16-22(19-11-13-21(26)14-12-19)23(27-24)15-18-5-3-2-4-6-18;1-18-12-14-20(15-13-18)22-17-24(27-23(22)16-19-8-4-2-5-9-19)28-25(29)26-21-10-6-3-7-11-21;2*25-18-12-10-17(11-13-18)20-15-23(27-22(20)14-16-6-2-1-3-7-16)28-24(29)19-8-4-5-9-21(19)26/h3-15H,16-17H2,1-2H3,(H,27,28,29);2-14H,15-16H2,1H3,(H,27,28,29);2-15H,16-17H2,1H3,(H2,26,27,28,29);2*1-13H,14-15H2,(H,27,28,29). The number of amides is 6. The summed E-state index contributed by atoms with van der Waals surface area (Å²) in [7, 11) is 0. The minimum Gasteiger partial charge on any atom is -0.310 e. The number of carbonyl (C=O) groups excluding carboxylic acids is 5. The van der Waals surface area contributed by atoms with Crippen molar-refractivity contribution in [1.82, 2.24) is 26.6 Å². The highest BCUT2D eigenvalue weighted by Gasteiger charge is 2.29. The number of carbonyl (C=O) groups is 5. The molecule has 0 atom stereocenters. The predicted octanol–water partition coefficient (Wildman–Crippen LogP) is 28.2. The van der Waals surface area contributed by atoms with Gasteiger partial charge in [0.1, 0.15) is 40.8 Å². The van der Waals surface area contributed by atoms with Crippen LogP contribution in [0.5, 0.6) is 0 Å². The van der Waals surface area contributed by atoms with Crippen molar-refractivity contribution in [2.75, 3.05) is 5.32 Å². The lowest BCUT2D eigenvalue weighted by Gasteiger charge is -2.08. The van der Waals surface area contributed by atoms with Gasteiger partial charge in [-0.25, -0.2) is 38.5 Å². The number of halogens is 5. The monoisotopic (exact) mass is 1970 g/mol. The zero-order valence-electron chi connectivity index (χ0n) is 80.3. The number of nitrogens with one attached hydrogen (secondary N) is 6. The topological polar surface area (TPSA) is 219 Å². The number of benzene rings is 15. The van der Waals surface area contributed by atoms with E-state index in [0.29, 0.717) is 107 Å². The lowest BCUT2D eigenvalue weighted by atomic mass is 9.98. The molecule has 145 heavy (non-hydrogen) atoms. The van der Waals surface area contributed by atoms with E-state index in [0.717, 1.165) is 119 Å². The molecule has 0 saturated heterocycles. The van der Waals surface area contributed by atoms with Gasteiger partial charge in [0.15, 0.2) is 0 Å². The Morgan fingerprint density at radius 3 is 0.779 bits per heavy atom. The number of urea groups is 1. The van der Waals surface area contributed by atoms with E-state index in [1.54, 1.807) is 24.3 Å². The molecule has 0 saturated carbocycles. The Morgan fingerprint density at radius 1 is 0.241 bits per heavy atom. The zero-order chi connectivity index (χ0) is 101. The second kappa shape index (κ2) is 49.6. The molecule has 0 spiro atoms. The van der Waals surface area contributed by atoms with E-state index in [4.69, 9.17) is 49.8 Å². The summed E-state index contributed by atoms with van der Waals surface area (Å²) in [6.07, 6.45) is 6.20. The molecule has 5 aliphatic rings. The highest BCUT2D eigenvalue weighted by molar-refractivity contribution is 6.31. The van der Waals surface area contributed by atoms with Gasteiger partial charge in [0.05, 0.1) is 39.6 Å². The lowest BCUT2D eigenvalue weighted by molar-refractivity contribution is 0.0964. The molecule has 0 radical (unpaired) electrons. The quantitative estimate of drug-likeness (QED) is 0.0437. The van der Waals surface area contributed by atoms with E-state index in [2.05, 4.69) is 141 Å². The molecule has 15 aromatic carbocycles. The van der Waals surface area contributed by atoms with Crippen LogP contribution in [0, 0.1) is 39.3 Å². The third-order valence-electron chi connectivity index (χ3n) is 24.4. The first-order chi connectivity index (χ1) is 70.5. The first-order valence-electron chi connectivity index (χ1n) is 47.6. The molecule has 0 aromatic heterocycles. The summed E-state index contributed by atoms with van der Waals surface area (Å²) in [5, 5.41) is 19.3. The van der Waals surface area contributed by atoms with Crippen molar-refractivity contribution in [3.8, 4) is 0 Å². The maximum atomic E-state index is 13.9. The van der Waals surface area contributed by atoms with E-state index in [1.165, 1.54) is 57.7 Å². The maximum absolute atomic E-state index is 13.9. The first-order valence-corrected chi connectivity index (χ1v) is 48.8. The van der Waals surface area contributed by atoms with Crippen LogP contribution in [-0.2, 0) is 32.1 Å². The highest BCUT2D eigenvalue weighted by atomic mass is 35.5. The van der Waals surface area contributed by atoms with Gasteiger partial charge in [0.25, 0.3) is 23.6 Å². The Bertz CT molecular complexity index is 7350. The molecule has 15 aromatic rings. The molecule has 0 bridgehead atoms. The SMILES string of the molecule is Cc1ccc(C(=O)NC2=NC(Cc3ccccc3)=C(c3ccc(Cl)cc3)C2)cc1.Cc1ccc(C2=C(Cc3ccccc3)N=C(NC(=O)Nc3ccccc3)C2)cc1.Cc1ccc(C2=C(Cc3ccccc3)N=C(NC(=O)c3cccc(C)c3)C2)cc1.O=C(NC1=NC(Cc2ccccc2)=C(c2ccc(Cl)cc2)C1)c1ccccc1F.O=C(NC1=NC(Cc2ccccc2)=C(c2ccc(Cl)cc2)C1)c1ccccc1F. The number of nitrogens with zero attached hydrogens (tertiary/aromatic N) is 5. The molecular formula is C124H104Cl3F2N11O5. The van der Waals surface area contributed by atoms with Crippen LogP contribution in [0.4, 0.5) is 19.3 Å². The van der Waals surface area contributed by atoms with E-state index in [9.17, 15) is 32.8 Å². The van der Waals surface area contributed by atoms with Gasteiger partial charge in [0.2, 0.25) is 0 Å². The fourth-order valence-corrected chi connectivity index (χ4v) is 17.3. The van der Waals surface area contributed by atoms with Crippen LogP contribution in [0.3, 0.4) is 0 Å². The van der Waals surface area contributed by atoms with Crippen molar-refractivity contribution in [1.29, 1.82) is 0 Å². The molecule has 5 heterocycles.